The predicted molar refractivity (Wildman–Crippen MR) is 104 cm³/mol. The van der Waals surface area contributed by atoms with Gasteiger partial charge in [-0.1, -0.05) is 12.1 Å². The number of nitrogens with zero attached hydrogens (tertiary/aromatic N) is 1. The number of benzene rings is 1. The number of rotatable bonds is 7. The molecule has 1 fully saturated rings. The molecule has 9 heteroatoms. The lowest BCUT2D eigenvalue weighted by atomic mass is 10.1. The van der Waals surface area contributed by atoms with Crippen LogP contribution in [0.1, 0.15) is 22.3 Å². The maximum absolute atomic E-state index is 12.2. The van der Waals surface area contributed by atoms with E-state index in [1.165, 1.54) is 18.3 Å². The number of nitrogens with one attached hydrogen (secondary N) is 1. The van der Waals surface area contributed by atoms with E-state index in [0.717, 1.165) is 23.5 Å². The Hall–Kier alpha value is -2.10. The highest BCUT2D eigenvalue weighted by atomic mass is 32.2. The number of sulfonamides is 1. The van der Waals surface area contributed by atoms with Gasteiger partial charge in [0.1, 0.15) is 6.10 Å². The quantitative estimate of drug-likeness (QED) is 0.721. The molecule has 1 aliphatic rings. The molecule has 0 bridgehead atoms. The van der Waals surface area contributed by atoms with Gasteiger partial charge < -0.3 is 10.1 Å². The first-order chi connectivity index (χ1) is 12.9. The third kappa shape index (κ3) is 5.69. The van der Waals surface area contributed by atoms with E-state index in [-0.39, 0.29) is 16.9 Å². The SMILES string of the molecule is NS(=O)(=O)c1ccc(CCNC(=O)c2ccc(OC3CCSC3)nc2)cc1. The molecule has 1 saturated heterocycles. The number of pyridine rings is 1. The van der Waals surface area contributed by atoms with E-state index in [1.807, 2.05) is 11.8 Å². The van der Waals surface area contributed by atoms with Crippen LogP contribution in [-0.4, -0.2) is 43.5 Å². The molecule has 3 N–H and O–H groups in total. The van der Waals surface area contributed by atoms with Crippen LogP contribution < -0.4 is 15.2 Å². The van der Waals surface area contributed by atoms with Crippen LogP contribution in [0.2, 0.25) is 0 Å². The lowest BCUT2D eigenvalue weighted by Crippen LogP contribution is -2.26. The molecule has 0 radical (unpaired) electrons. The van der Waals surface area contributed by atoms with Crippen LogP contribution in [0.25, 0.3) is 0 Å². The smallest absolute Gasteiger partial charge is 0.252 e. The molecule has 1 aromatic heterocycles. The first kappa shape index (κ1) is 19.7. The van der Waals surface area contributed by atoms with Crippen molar-refractivity contribution in [2.75, 3.05) is 18.1 Å². The number of aromatic nitrogens is 1. The van der Waals surface area contributed by atoms with Gasteiger partial charge in [-0.15, -0.1) is 0 Å². The molecule has 27 heavy (non-hydrogen) atoms. The summed E-state index contributed by atoms with van der Waals surface area (Å²) in [6.07, 6.45) is 3.30. The van der Waals surface area contributed by atoms with Gasteiger partial charge in [0.05, 0.1) is 10.5 Å². The first-order valence-electron chi connectivity index (χ1n) is 8.52. The van der Waals surface area contributed by atoms with Gasteiger partial charge in [0.2, 0.25) is 15.9 Å². The first-order valence-corrected chi connectivity index (χ1v) is 11.2. The minimum atomic E-state index is -3.69. The zero-order valence-corrected chi connectivity index (χ0v) is 16.3. The molecule has 0 saturated carbocycles. The van der Waals surface area contributed by atoms with Crippen molar-refractivity contribution in [2.45, 2.75) is 23.8 Å². The molecule has 0 aliphatic carbocycles. The third-order valence-electron chi connectivity index (χ3n) is 4.12. The molecular formula is C18H21N3O4S2. The van der Waals surface area contributed by atoms with Gasteiger partial charge in [-0.25, -0.2) is 18.5 Å². The van der Waals surface area contributed by atoms with Gasteiger partial charge >= 0.3 is 0 Å². The fourth-order valence-electron chi connectivity index (χ4n) is 2.63. The van der Waals surface area contributed by atoms with Crippen molar-refractivity contribution >= 4 is 27.7 Å². The summed E-state index contributed by atoms with van der Waals surface area (Å²) in [5.74, 6) is 2.40. The number of hydrogen-bond donors (Lipinski definition) is 2. The molecular weight excluding hydrogens is 386 g/mol. The third-order valence-corrected chi connectivity index (χ3v) is 6.19. The van der Waals surface area contributed by atoms with Crippen molar-refractivity contribution in [3.05, 3.63) is 53.7 Å². The van der Waals surface area contributed by atoms with Crippen LogP contribution in [-0.2, 0) is 16.4 Å². The summed E-state index contributed by atoms with van der Waals surface area (Å²) >= 11 is 1.87. The van der Waals surface area contributed by atoms with Crippen molar-refractivity contribution in [2.24, 2.45) is 5.14 Å². The Morgan fingerprint density at radius 2 is 2.04 bits per heavy atom. The lowest BCUT2D eigenvalue weighted by Gasteiger charge is -2.11. The monoisotopic (exact) mass is 407 g/mol. The van der Waals surface area contributed by atoms with E-state index in [9.17, 15) is 13.2 Å². The van der Waals surface area contributed by atoms with Gasteiger partial charge in [0, 0.05) is 24.6 Å². The van der Waals surface area contributed by atoms with E-state index in [2.05, 4.69) is 10.3 Å². The fourth-order valence-corrected chi connectivity index (χ4v) is 4.24. The fraction of sp³-hybridized carbons (Fsp3) is 0.333. The maximum Gasteiger partial charge on any atom is 0.252 e. The second-order valence-electron chi connectivity index (χ2n) is 6.18. The predicted octanol–water partition coefficient (Wildman–Crippen LogP) is 1.59. The van der Waals surface area contributed by atoms with Crippen molar-refractivity contribution in [3.8, 4) is 5.88 Å². The number of carbonyl (C=O) groups excluding carboxylic acids is 1. The summed E-state index contributed by atoms with van der Waals surface area (Å²) in [7, 11) is -3.69. The van der Waals surface area contributed by atoms with Crippen molar-refractivity contribution in [1.82, 2.24) is 10.3 Å². The molecule has 1 atom stereocenters. The van der Waals surface area contributed by atoms with Crippen LogP contribution in [0.15, 0.2) is 47.5 Å². The van der Waals surface area contributed by atoms with Crippen molar-refractivity contribution in [3.63, 3.8) is 0 Å². The molecule has 1 aliphatic heterocycles. The highest BCUT2D eigenvalue weighted by Gasteiger charge is 2.17. The molecule has 0 spiro atoms. The van der Waals surface area contributed by atoms with Crippen molar-refractivity contribution < 1.29 is 17.9 Å². The topological polar surface area (TPSA) is 111 Å². The Bertz CT molecular complexity index is 878. The Balaban J connectivity index is 1.47. The number of ether oxygens (including phenoxy) is 1. The maximum atomic E-state index is 12.2. The van der Waals surface area contributed by atoms with E-state index in [4.69, 9.17) is 9.88 Å². The molecule has 1 amide bonds. The average Bonchev–Trinajstić information content (AvgIpc) is 3.15. The van der Waals surface area contributed by atoms with Gasteiger partial charge in [-0.2, -0.15) is 11.8 Å². The summed E-state index contributed by atoms with van der Waals surface area (Å²) in [4.78, 5) is 16.5. The lowest BCUT2D eigenvalue weighted by molar-refractivity contribution is 0.0953. The molecule has 2 aromatic rings. The number of hydrogen-bond acceptors (Lipinski definition) is 6. The molecule has 7 nitrogen and oxygen atoms in total. The number of carbonyl (C=O) groups is 1. The molecule has 1 aromatic carbocycles. The zero-order valence-electron chi connectivity index (χ0n) is 14.6. The summed E-state index contributed by atoms with van der Waals surface area (Å²) < 4.78 is 28.2. The Morgan fingerprint density at radius 1 is 1.26 bits per heavy atom. The summed E-state index contributed by atoms with van der Waals surface area (Å²) in [5.41, 5.74) is 1.37. The summed E-state index contributed by atoms with van der Waals surface area (Å²) in [6, 6.07) is 9.68. The second-order valence-corrected chi connectivity index (χ2v) is 8.89. The van der Waals surface area contributed by atoms with E-state index >= 15 is 0 Å². The van der Waals surface area contributed by atoms with Crippen molar-refractivity contribution in [1.29, 1.82) is 0 Å². The van der Waals surface area contributed by atoms with Crippen LogP contribution >= 0.6 is 11.8 Å². The van der Waals surface area contributed by atoms with E-state index in [1.54, 1.807) is 24.3 Å². The van der Waals surface area contributed by atoms with Gasteiger partial charge in [0.25, 0.3) is 5.91 Å². The van der Waals surface area contributed by atoms with E-state index in [0.29, 0.717) is 24.4 Å². The van der Waals surface area contributed by atoms with Gasteiger partial charge in [0.15, 0.2) is 0 Å². The number of primary sulfonamides is 1. The number of amides is 1. The zero-order chi connectivity index (χ0) is 19.3. The molecule has 3 rings (SSSR count). The minimum absolute atomic E-state index is 0.0693. The molecule has 144 valence electrons. The highest BCUT2D eigenvalue weighted by molar-refractivity contribution is 7.99. The van der Waals surface area contributed by atoms with Gasteiger partial charge in [-0.3, -0.25) is 4.79 Å². The number of nitrogens with two attached hydrogens (primary N) is 1. The normalized spacial score (nSPS) is 16.9. The summed E-state index contributed by atoms with van der Waals surface area (Å²) in [5, 5.41) is 7.89. The largest absolute Gasteiger partial charge is 0.473 e. The van der Waals surface area contributed by atoms with Crippen LogP contribution in [0.3, 0.4) is 0 Å². The van der Waals surface area contributed by atoms with Gasteiger partial charge in [-0.05, 0) is 42.4 Å². The Kier molecular flexibility index (Phi) is 6.35. The Morgan fingerprint density at radius 3 is 2.63 bits per heavy atom. The average molecular weight is 408 g/mol. The second kappa shape index (κ2) is 8.73. The van der Waals surface area contributed by atoms with Crippen LogP contribution in [0, 0.1) is 0 Å². The summed E-state index contributed by atoms with van der Waals surface area (Å²) in [6.45, 7) is 0.422. The Labute approximate surface area is 162 Å². The minimum Gasteiger partial charge on any atom is -0.473 e. The van der Waals surface area contributed by atoms with Crippen LogP contribution in [0.5, 0.6) is 5.88 Å². The number of thioether (sulfide) groups is 1. The standard InChI is InChI=1S/C18H21N3O4S2/c19-27(23,24)16-4-1-13(2-5-16)7-9-20-18(22)14-3-6-17(21-11-14)25-15-8-10-26-12-15/h1-6,11,15H,7-10,12H2,(H,20,22)(H2,19,23,24). The van der Waals surface area contributed by atoms with Crippen LogP contribution in [0.4, 0.5) is 0 Å². The molecule has 2 heterocycles. The van der Waals surface area contributed by atoms with E-state index < -0.39 is 10.0 Å². The molecule has 1 unspecified atom stereocenters. The highest BCUT2D eigenvalue weighted by Crippen LogP contribution is 2.22.